The summed E-state index contributed by atoms with van der Waals surface area (Å²) in [5.41, 5.74) is -0.694. The fraction of sp³-hybridized carbons (Fsp3) is 0.750. The highest BCUT2D eigenvalue weighted by Crippen LogP contribution is 2.22. The van der Waals surface area contributed by atoms with Crippen LogP contribution in [-0.2, 0) is 19.1 Å². The fourth-order valence-electron chi connectivity index (χ4n) is 3.14. The maximum Gasteiger partial charge on any atom is 0.408 e. The van der Waals surface area contributed by atoms with Crippen molar-refractivity contribution >= 4 is 18.0 Å². The van der Waals surface area contributed by atoms with Crippen LogP contribution in [0.15, 0.2) is 12.7 Å². The number of alkyl carbamates (subject to hydrolysis) is 1. The Morgan fingerprint density at radius 3 is 2.54 bits per heavy atom. The minimum atomic E-state index is -0.851. The number of β-amino-alcohol motifs (C(OH)–C–C–N with tert-alkyl or cyclic N) is 1. The van der Waals surface area contributed by atoms with Crippen molar-refractivity contribution in [1.29, 1.82) is 0 Å². The molecule has 0 bridgehead atoms. The number of nitrogens with one attached hydrogen (secondary N) is 1. The van der Waals surface area contributed by atoms with E-state index in [-0.39, 0.29) is 13.0 Å². The summed E-state index contributed by atoms with van der Waals surface area (Å²) in [6, 6.07) is -1.69. The zero-order valence-corrected chi connectivity index (χ0v) is 17.4. The Kier molecular flexibility index (Phi) is 9.45. The molecule has 1 saturated heterocycles. The first-order valence-electron chi connectivity index (χ1n) is 9.75. The maximum absolute atomic E-state index is 13.1. The number of ether oxygens (including phenoxy) is 2. The number of amides is 2. The summed E-state index contributed by atoms with van der Waals surface area (Å²) in [5, 5.41) is 12.6. The number of rotatable bonds is 9. The fourth-order valence-corrected chi connectivity index (χ4v) is 3.14. The van der Waals surface area contributed by atoms with Gasteiger partial charge in [0.25, 0.3) is 0 Å². The van der Waals surface area contributed by atoms with Crippen molar-refractivity contribution < 1.29 is 29.0 Å². The first kappa shape index (κ1) is 23.9. The van der Waals surface area contributed by atoms with E-state index in [1.807, 2.05) is 6.08 Å². The van der Waals surface area contributed by atoms with Gasteiger partial charge in [0.15, 0.2) is 0 Å². The predicted octanol–water partition coefficient (Wildman–Crippen LogP) is 2.15. The van der Waals surface area contributed by atoms with Gasteiger partial charge in [0.1, 0.15) is 17.7 Å². The Balaban J connectivity index is 2.85. The van der Waals surface area contributed by atoms with Crippen LogP contribution in [0.2, 0.25) is 0 Å². The number of likely N-dealkylation sites (tertiary alicyclic amines) is 1. The molecule has 1 aliphatic heterocycles. The van der Waals surface area contributed by atoms with E-state index in [0.717, 1.165) is 25.7 Å². The molecule has 1 fully saturated rings. The standard InChI is InChI=1S/C20H34N2O6/c1-6-7-8-9-10-11-15(21-19(26)28-20(2,3)4)17(24)22-13-14(23)12-16(22)18(25)27-5/h6,14-16,23H,1,7-13H2,2-5H3,(H,21,26)/t14-,15+,16?/m1/s1. The zero-order valence-electron chi connectivity index (χ0n) is 17.4. The summed E-state index contributed by atoms with van der Waals surface area (Å²) in [4.78, 5) is 38.5. The molecular formula is C20H34N2O6. The monoisotopic (exact) mass is 398 g/mol. The van der Waals surface area contributed by atoms with Gasteiger partial charge in [-0.1, -0.05) is 18.9 Å². The van der Waals surface area contributed by atoms with Gasteiger partial charge in [-0.25, -0.2) is 9.59 Å². The first-order valence-corrected chi connectivity index (χ1v) is 9.75. The summed E-state index contributed by atoms with van der Waals surface area (Å²) in [7, 11) is 1.24. The lowest BCUT2D eigenvalue weighted by molar-refractivity contribution is -0.151. The van der Waals surface area contributed by atoms with E-state index in [2.05, 4.69) is 11.9 Å². The number of aliphatic hydroxyl groups excluding tert-OH is 1. The molecule has 1 rings (SSSR count). The predicted molar refractivity (Wildman–Crippen MR) is 105 cm³/mol. The number of hydrogen-bond acceptors (Lipinski definition) is 6. The summed E-state index contributed by atoms with van der Waals surface area (Å²) < 4.78 is 10.0. The molecule has 28 heavy (non-hydrogen) atoms. The summed E-state index contributed by atoms with van der Waals surface area (Å²) >= 11 is 0. The smallest absolute Gasteiger partial charge is 0.408 e. The molecule has 0 saturated carbocycles. The third-order valence-electron chi connectivity index (χ3n) is 4.43. The second-order valence-electron chi connectivity index (χ2n) is 8.04. The lowest BCUT2D eigenvalue weighted by atomic mass is 10.1. The van der Waals surface area contributed by atoms with Gasteiger partial charge in [-0.05, 0) is 40.0 Å². The van der Waals surface area contributed by atoms with E-state index in [9.17, 15) is 19.5 Å². The van der Waals surface area contributed by atoms with Gasteiger partial charge in [0.2, 0.25) is 5.91 Å². The van der Waals surface area contributed by atoms with Crippen molar-refractivity contribution in [2.24, 2.45) is 0 Å². The van der Waals surface area contributed by atoms with Crippen molar-refractivity contribution in [2.75, 3.05) is 13.7 Å². The lowest BCUT2D eigenvalue weighted by Crippen LogP contribution is -2.52. The van der Waals surface area contributed by atoms with E-state index in [4.69, 9.17) is 9.47 Å². The Morgan fingerprint density at radius 1 is 1.29 bits per heavy atom. The maximum atomic E-state index is 13.1. The Labute approximate surface area is 167 Å². The molecule has 0 aromatic rings. The molecule has 0 aromatic heterocycles. The average molecular weight is 399 g/mol. The van der Waals surface area contributed by atoms with Crippen molar-refractivity contribution in [1.82, 2.24) is 10.2 Å². The number of nitrogens with zero attached hydrogens (tertiary/aromatic N) is 1. The molecule has 0 radical (unpaired) electrons. The van der Waals surface area contributed by atoms with Gasteiger partial charge < -0.3 is 24.8 Å². The minimum Gasteiger partial charge on any atom is -0.467 e. The van der Waals surface area contributed by atoms with Crippen LogP contribution >= 0.6 is 0 Å². The van der Waals surface area contributed by atoms with Crippen LogP contribution in [0, 0.1) is 0 Å². The molecular weight excluding hydrogens is 364 g/mol. The normalized spacial score (nSPS) is 20.4. The number of allylic oxidation sites excluding steroid dienone is 1. The topological polar surface area (TPSA) is 105 Å². The number of methoxy groups -OCH3 is 1. The molecule has 1 aliphatic rings. The summed E-state index contributed by atoms with van der Waals surface area (Å²) in [6.07, 6.45) is 4.33. The lowest BCUT2D eigenvalue weighted by Gasteiger charge is -2.28. The van der Waals surface area contributed by atoms with E-state index in [1.165, 1.54) is 12.0 Å². The molecule has 8 nitrogen and oxygen atoms in total. The van der Waals surface area contributed by atoms with Gasteiger partial charge in [0, 0.05) is 13.0 Å². The second-order valence-corrected chi connectivity index (χ2v) is 8.04. The molecule has 0 spiro atoms. The Morgan fingerprint density at radius 2 is 1.96 bits per heavy atom. The Hall–Kier alpha value is -2.09. The van der Waals surface area contributed by atoms with E-state index in [1.54, 1.807) is 20.8 Å². The highest BCUT2D eigenvalue weighted by molar-refractivity contribution is 5.90. The third-order valence-corrected chi connectivity index (χ3v) is 4.43. The van der Waals surface area contributed by atoms with Gasteiger partial charge in [-0.2, -0.15) is 0 Å². The van der Waals surface area contributed by atoms with Gasteiger partial charge in [-0.3, -0.25) is 4.79 Å². The number of unbranched alkanes of at least 4 members (excludes halogenated alkanes) is 3. The number of carbonyl (C=O) groups excluding carboxylic acids is 3. The van der Waals surface area contributed by atoms with Crippen LogP contribution in [0.4, 0.5) is 4.79 Å². The molecule has 3 atom stereocenters. The van der Waals surface area contributed by atoms with Gasteiger partial charge >= 0.3 is 12.1 Å². The molecule has 0 aliphatic carbocycles. The van der Waals surface area contributed by atoms with Crippen molar-refractivity contribution in [2.45, 2.75) is 83.1 Å². The second kappa shape index (κ2) is 11.0. The van der Waals surface area contributed by atoms with Crippen LogP contribution in [-0.4, -0.2) is 65.4 Å². The molecule has 1 heterocycles. The first-order chi connectivity index (χ1) is 13.1. The quantitative estimate of drug-likeness (QED) is 0.350. The number of carbonyl (C=O) groups is 3. The SMILES string of the molecule is C=CCCCCC[C@H](NC(=O)OC(C)(C)C)C(=O)N1C[C@H](O)CC1C(=O)OC. The van der Waals surface area contributed by atoms with E-state index >= 15 is 0 Å². The molecule has 0 aromatic carbocycles. The van der Waals surface area contributed by atoms with E-state index in [0.29, 0.717) is 6.42 Å². The van der Waals surface area contributed by atoms with Gasteiger partial charge in [-0.15, -0.1) is 6.58 Å². The molecule has 1 unspecified atom stereocenters. The summed E-state index contributed by atoms with van der Waals surface area (Å²) in [5.74, 6) is -0.992. The van der Waals surface area contributed by atoms with Crippen LogP contribution in [0.3, 0.4) is 0 Å². The van der Waals surface area contributed by atoms with Crippen molar-refractivity contribution in [3.8, 4) is 0 Å². The van der Waals surface area contributed by atoms with Crippen LogP contribution in [0.1, 0.15) is 59.3 Å². The van der Waals surface area contributed by atoms with E-state index < -0.39 is 41.8 Å². The molecule has 8 heteroatoms. The zero-order chi connectivity index (χ0) is 21.3. The van der Waals surface area contributed by atoms with Crippen LogP contribution in [0.5, 0.6) is 0 Å². The Bertz CT molecular complexity index is 557. The van der Waals surface area contributed by atoms with Gasteiger partial charge in [0.05, 0.1) is 13.2 Å². The number of esters is 1. The highest BCUT2D eigenvalue weighted by atomic mass is 16.6. The van der Waals surface area contributed by atoms with Crippen LogP contribution in [0.25, 0.3) is 0 Å². The molecule has 160 valence electrons. The third kappa shape index (κ3) is 7.88. The van der Waals surface area contributed by atoms with Crippen molar-refractivity contribution in [3.63, 3.8) is 0 Å². The van der Waals surface area contributed by atoms with Crippen molar-refractivity contribution in [3.05, 3.63) is 12.7 Å². The molecule has 2 N–H and O–H groups in total. The highest BCUT2D eigenvalue weighted by Gasteiger charge is 2.42. The molecule has 2 amide bonds. The van der Waals surface area contributed by atoms with Crippen LogP contribution < -0.4 is 5.32 Å². The number of hydrogen-bond donors (Lipinski definition) is 2. The number of aliphatic hydroxyl groups is 1. The minimum absolute atomic E-state index is 0.0293. The average Bonchev–Trinajstić information content (AvgIpc) is 2.99. The largest absolute Gasteiger partial charge is 0.467 e. The summed E-state index contributed by atoms with van der Waals surface area (Å²) in [6.45, 7) is 8.93.